The maximum atomic E-state index is 12.9. The Morgan fingerprint density at radius 2 is 1.75 bits per heavy atom. The number of para-hydroxylation sites is 1. The molecule has 3 saturated heterocycles. The van der Waals surface area contributed by atoms with Crippen LogP contribution >= 0.6 is 22.9 Å². The van der Waals surface area contributed by atoms with Crippen LogP contribution in [0.3, 0.4) is 0 Å². The van der Waals surface area contributed by atoms with Gasteiger partial charge in [-0.05, 0) is 55.9 Å². The number of aryl methyl sites for hydroxylation is 2. The second-order valence-electron chi connectivity index (χ2n) is 13.5. The van der Waals surface area contributed by atoms with Crippen LogP contribution in [-0.2, 0) is 16.1 Å². The molecule has 1 atom stereocenters. The largest absolute Gasteiger partial charge is 0.356 e. The Kier molecular flexibility index (Phi) is 10.6. The van der Waals surface area contributed by atoms with Gasteiger partial charge in [0.2, 0.25) is 11.8 Å². The van der Waals surface area contributed by atoms with Crippen LogP contribution in [-0.4, -0.2) is 87.8 Å². The molecule has 0 aliphatic carbocycles. The molecule has 4 aromatic rings. The second kappa shape index (κ2) is 15.4. The standard InChI is InChI=1S/C37H42ClN9O3S/c1-23-4-3-5-29(38)34(23)44-36(50)30-21-39-37(51-30)42-31-20-32(41-24(2)40-31)47-14-12-27(13-15-47)46-18-16-45(17-19-46)22-25-6-8-26(9-7-25)28-10-11-33(48)43-35(28)49/h3-9,20-21,27-28H,10-19,22H2,1-2H3,(H,44,50)(H,43,48,49)(H,39,40,41,42). The third-order valence-electron chi connectivity index (χ3n) is 9.99. The average molecular weight is 728 g/mol. The van der Waals surface area contributed by atoms with Gasteiger partial charge in [0.25, 0.3) is 5.91 Å². The molecular weight excluding hydrogens is 686 g/mol. The van der Waals surface area contributed by atoms with Crippen molar-refractivity contribution in [2.45, 2.75) is 58.0 Å². The van der Waals surface area contributed by atoms with E-state index in [1.165, 1.54) is 16.9 Å². The van der Waals surface area contributed by atoms with Crippen molar-refractivity contribution in [3.05, 3.63) is 87.1 Å². The van der Waals surface area contributed by atoms with Crippen molar-refractivity contribution >= 4 is 63.1 Å². The molecule has 0 radical (unpaired) electrons. The van der Waals surface area contributed by atoms with Crippen LogP contribution in [0.15, 0.2) is 54.7 Å². The Labute approximate surface area is 306 Å². The molecule has 3 aliphatic rings. The Hall–Kier alpha value is -4.43. The number of benzene rings is 2. The maximum Gasteiger partial charge on any atom is 0.267 e. The molecule has 51 heavy (non-hydrogen) atoms. The van der Waals surface area contributed by atoms with Crippen molar-refractivity contribution in [1.29, 1.82) is 0 Å². The van der Waals surface area contributed by atoms with Gasteiger partial charge >= 0.3 is 0 Å². The number of rotatable bonds is 9. The van der Waals surface area contributed by atoms with E-state index in [1.807, 2.05) is 44.2 Å². The smallest absolute Gasteiger partial charge is 0.267 e. The van der Waals surface area contributed by atoms with E-state index >= 15 is 0 Å². The second-order valence-corrected chi connectivity index (χ2v) is 14.9. The third kappa shape index (κ3) is 8.39. The lowest BCUT2D eigenvalue weighted by Crippen LogP contribution is -2.53. The van der Waals surface area contributed by atoms with Gasteiger partial charge in [0.15, 0.2) is 5.13 Å². The zero-order chi connectivity index (χ0) is 35.5. The van der Waals surface area contributed by atoms with E-state index in [2.05, 4.69) is 52.8 Å². The first-order valence-corrected chi connectivity index (χ1v) is 18.7. The molecule has 5 heterocycles. The number of halogens is 1. The minimum absolute atomic E-state index is 0.182. The number of nitrogens with zero attached hydrogens (tertiary/aromatic N) is 6. The van der Waals surface area contributed by atoms with Crippen molar-refractivity contribution in [2.24, 2.45) is 0 Å². The molecule has 3 N–H and O–H groups in total. The van der Waals surface area contributed by atoms with Gasteiger partial charge < -0.3 is 15.5 Å². The minimum Gasteiger partial charge on any atom is -0.356 e. The number of carbonyl (C=O) groups excluding carboxylic acids is 3. The number of aromatic nitrogens is 3. The Balaban J connectivity index is 0.878. The summed E-state index contributed by atoms with van der Waals surface area (Å²) in [6.45, 7) is 10.7. The van der Waals surface area contributed by atoms with Crippen molar-refractivity contribution < 1.29 is 14.4 Å². The van der Waals surface area contributed by atoms with Gasteiger partial charge in [-0.1, -0.05) is 59.3 Å². The number of imide groups is 1. The zero-order valence-corrected chi connectivity index (χ0v) is 30.4. The Bertz CT molecular complexity index is 1880. The highest BCUT2D eigenvalue weighted by molar-refractivity contribution is 7.17. The summed E-state index contributed by atoms with van der Waals surface area (Å²) < 4.78 is 0. The molecule has 3 aliphatic heterocycles. The maximum absolute atomic E-state index is 12.9. The van der Waals surface area contributed by atoms with Crippen LogP contribution in [0, 0.1) is 13.8 Å². The first-order valence-electron chi connectivity index (χ1n) is 17.5. The summed E-state index contributed by atoms with van der Waals surface area (Å²) in [6, 6.07) is 16.3. The number of thiazole rings is 1. The monoisotopic (exact) mass is 727 g/mol. The average Bonchev–Trinajstić information content (AvgIpc) is 3.59. The van der Waals surface area contributed by atoms with Gasteiger partial charge in [0.05, 0.1) is 22.8 Å². The number of nitrogens with one attached hydrogen (secondary N) is 3. The molecule has 0 saturated carbocycles. The number of amides is 3. The van der Waals surface area contributed by atoms with Crippen LogP contribution in [0.25, 0.3) is 0 Å². The van der Waals surface area contributed by atoms with Crippen LogP contribution in [0.4, 0.5) is 22.5 Å². The number of carbonyl (C=O) groups is 3. The van der Waals surface area contributed by atoms with E-state index in [4.69, 9.17) is 16.6 Å². The molecule has 7 rings (SSSR count). The third-order valence-corrected chi connectivity index (χ3v) is 11.2. The highest BCUT2D eigenvalue weighted by Gasteiger charge is 2.30. The molecule has 0 spiro atoms. The van der Waals surface area contributed by atoms with Crippen LogP contribution in [0.2, 0.25) is 5.02 Å². The van der Waals surface area contributed by atoms with Gasteiger partial charge in [-0.25, -0.2) is 15.0 Å². The quantitative estimate of drug-likeness (QED) is 0.190. The van der Waals surface area contributed by atoms with Crippen LogP contribution in [0.1, 0.15) is 63.8 Å². The Morgan fingerprint density at radius 1 is 0.980 bits per heavy atom. The van der Waals surface area contributed by atoms with E-state index in [-0.39, 0.29) is 23.6 Å². The summed E-state index contributed by atoms with van der Waals surface area (Å²) in [4.78, 5) is 58.4. The van der Waals surface area contributed by atoms with E-state index in [0.717, 1.165) is 75.6 Å². The zero-order valence-electron chi connectivity index (χ0n) is 28.8. The topological polar surface area (TPSA) is 136 Å². The minimum atomic E-state index is -0.265. The molecule has 0 bridgehead atoms. The Morgan fingerprint density at radius 3 is 2.47 bits per heavy atom. The van der Waals surface area contributed by atoms with E-state index in [1.54, 1.807) is 12.3 Å². The first-order chi connectivity index (χ1) is 24.7. The fourth-order valence-corrected chi connectivity index (χ4v) is 8.15. The number of hydrogen-bond acceptors (Lipinski definition) is 11. The summed E-state index contributed by atoms with van der Waals surface area (Å²) in [5, 5.41) is 9.69. The molecule has 2 aromatic heterocycles. The molecule has 3 fully saturated rings. The van der Waals surface area contributed by atoms with E-state index in [9.17, 15) is 14.4 Å². The molecule has 2 aromatic carbocycles. The summed E-state index contributed by atoms with van der Waals surface area (Å²) >= 11 is 7.55. The molecule has 3 amide bonds. The number of piperidine rings is 2. The predicted molar refractivity (Wildman–Crippen MR) is 200 cm³/mol. The SMILES string of the molecule is Cc1nc(Nc2ncc(C(=O)Nc3c(C)cccc3Cl)s2)cc(N2CCC(N3CCN(Cc4ccc(C5CCC(=O)NC5=O)cc4)CC3)CC2)n1. The fraction of sp³-hybridized carbons (Fsp3) is 0.405. The molecule has 266 valence electrons. The summed E-state index contributed by atoms with van der Waals surface area (Å²) in [7, 11) is 0. The number of anilines is 4. The molecule has 12 nitrogen and oxygen atoms in total. The van der Waals surface area contributed by atoms with Crippen molar-refractivity contribution in [3.8, 4) is 0 Å². The predicted octanol–water partition coefficient (Wildman–Crippen LogP) is 5.51. The van der Waals surface area contributed by atoms with Crippen molar-refractivity contribution in [2.75, 3.05) is 54.8 Å². The normalized spacial score (nSPS) is 19.2. The lowest BCUT2D eigenvalue weighted by Gasteiger charge is -2.43. The number of hydrogen-bond donors (Lipinski definition) is 3. The number of piperazine rings is 1. The highest BCUT2D eigenvalue weighted by atomic mass is 35.5. The summed E-state index contributed by atoms with van der Waals surface area (Å²) in [5.74, 6) is 1.32. The van der Waals surface area contributed by atoms with E-state index < -0.39 is 0 Å². The summed E-state index contributed by atoms with van der Waals surface area (Å²) in [5.41, 5.74) is 3.71. The lowest BCUT2D eigenvalue weighted by atomic mass is 9.90. The lowest BCUT2D eigenvalue weighted by molar-refractivity contribution is -0.134. The van der Waals surface area contributed by atoms with Crippen LogP contribution in [0.5, 0.6) is 0 Å². The van der Waals surface area contributed by atoms with Gasteiger partial charge in [0.1, 0.15) is 22.3 Å². The van der Waals surface area contributed by atoms with Crippen LogP contribution < -0.4 is 20.9 Å². The van der Waals surface area contributed by atoms with E-state index in [0.29, 0.717) is 51.2 Å². The van der Waals surface area contributed by atoms with Crippen molar-refractivity contribution in [3.63, 3.8) is 0 Å². The van der Waals surface area contributed by atoms with Crippen molar-refractivity contribution in [1.82, 2.24) is 30.1 Å². The summed E-state index contributed by atoms with van der Waals surface area (Å²) in [6.07, 6.45) is 4.67. The molecule has 1 unspecified atom stereocenters. The molecular formula is C37H42ClN9O3S. The van der Waals surface area contributed by atoms with Gasteiger partial charge in [-0.2, -0.15) is 0 Å². The highest BCUT2D eigenvalue weighted by Crippen LogP contribution is 2.30. The molecule has 14 heteroatoms. The first kappa shape index (κ1) is 35.0. The fourth-order valence-electron chi connectivity index (χ4n) is 7.16. The van der Waals surface area contributed by atoms with Gasteiger partial charge in [-0.15, -0.1) is 0 Å². The van der Waals surface area contributed by atoms with Gasteiger partial charge in [0, 0.05) is 64.3 Å². The van der Waals surface area contributed by atoms with Gasteiger partial charge in [-0.3, -0.25) is 29.5 Å².